The van der Waals surface area contributed by atoms with E-state index in [9.17, 15) is 13.2 Å². The molecule has 2 aromatic rings. The molecule has 2 N–H and O–H groups in total. The molecule has 2 heterocycles. The maximum atomic E-state index is 13.7. The quantitative estimate of drug-likeness (QED) is 0.531. The van der Waals surface area contributed by atoms with Gasteiger partial charge >= 0.3 is 6.18 Å². The standard InChI is InChI=1S/C21H28F3N5O2/c1-4-25-20(27-13-19-28-14(2)15(3)31-19)26-12-16-5-6-17(11-18(16)21(22,23)24)29-7-9-30-10-8-29/h5-6,11H,4,7-10,12-13H2,1-3H3,(H2,25,26,27). The fraction of sp³-hybridized carbons (Fsp3) is 0.524. The van der Waals surface area contributed by atoms with Crippen LogP contribution < -0.4 is 15.5 Å². The van der Waals surface area contributed by atoms with Gasteiger partial charge < -0.3 is 24.7 Å². The number of nitrogens with one attached hydrogen (secondary N) is 2. The Labute approximate surface area is 179 Å². The fourth-order valence-corrected chi connectivity index (χ4v) is 3.26. The zero-order valence-electron chi connectivity index (χ0n) is 18.0. The molecule has 0 radical (unpaired) electrons. The summed E-state index contributed by atoms with van der Waals surface area (Å²) in [5.41, 5.74) is 0.788. The smallest absolute Gasteiger partial charge is 0.416 e. The van der Waals surface area contributed by atoms with Crippen LogP contribution in [0.4, 0.5) is 18.9 Å². The Hall–Kier alpha value is -2.75. The number of benzene rings is 1. The first-order chi connectivity index (χ1) is 14.8. The number of guanidine groups is 1. The van der Waals surface area contributed by atoms with E-state index in [2.05, 4.69) is 20.6 Å². The second kappa shape index (κ2) is 10.0. The molecule has 170 valence electrons. The number of hydrogen-bond donors (Lipinski definition) is 2. The zero-order valence-corrected chi connectivity index (χ0v) is 18.0. The molecule has 0 atom stereocenters. The number of nitrogens with zero attached hydrogens (tertiary/aromatic N) is 3. The molecule has 7 nitrogen and oxygen atoms in total. The van der Waals surface area contributed by atoms with Gasteiger partial charge in [-0.3, -0.25) is 0 Å². The van der Waals surface area contributed by atoms with Crippen molar-refractivity contribution in [3.63, 3.8) is 0 Å². The molecule has 0 bridgehead atoms. The summed E-state index contributed by atoms with van der Waals surface area (Å²) in [4.78, 5) is 10.5. The molecule has 1 aliphatic rings. The lowest BCUT2D eigenvalue weighted by atomic mass is 10.1. The second-order valence-corrected chi connectivity index (χ2v) is 7.24. The molecule has 1 aromatic carbocycles. The predicted molar refractivity (Wildman–Crippen MR) is 112 cm³/mol. The lowest BCUT2D eigenvalue weighted by Crippen LogP contribution is -2.37. The molecule has 0 unspecified atom stereocenters. The van der Waals surface area contributed by atoms with Gasteiger partial charge in [-0.2, -0.15) is 13.2 Å². The van der Waals surface area contributed by atoms with Crippen molar-refractivity contribution < 1.29 is 22.3 Å². The fourth-order valence-electron chi connectivity index (χ4n) is 3.26. The molecule has 31 heavy (non-hydrogen) atoms. The van der Waals surface area contributed by atoms with Crippen LogP contribution in [0.25, 0.3) is 0 Å². The van der Waals surface area contributed by atoms with Crippen molar-refractivity contribution in [1.29, 1.82) is 0 Å². The molecule has 1 saturated heterocycles. The summed E-state index contributed by atoms with van der Waals surface area (Å²) < 4.78 is 52.0. The highest BCUT2D eigenvalue weighted by molar-refractivity contribution is 5.79. The number of rotatable bonds is 6. The van der Waals surface area contributed by atoms with E-state index in [4.69, 9.17) is 9.15 Å². The van der Waals surface area contributed by atoms with Gasteiger partial charge in [-0.1, -0.05) is 6.07 Å². The van der Waals surface area contributed by atoms with Gasteiger partial charge in [0.1, 0.15) is 5.76 Å². The molecule has 0 saturated carbocycles. The molecule has 0 spiro atoms. The number of aryl methyl sites for hydroxylation is 2. The first kappa shape index (κ1) is 22.9. The van der Waals surface area contributed by atoms with Crippen LogP contribution in [0.2, 0.25) is 0 Å². The first-order valence-electron chi connectivity index (χ1n) is 10.3. The van der Waals surface area contributed by atoms with Gasteiger partial charge in [-0.05, 0) is 38.5 Å². The van der Waals surface area contributed by atoms with Gasteiger partial charge in [-0.25, -0.2) is 9.98 Å². The highest BCUT2D eigenvalue weighted by Gasteiger charge is 2.34. The minimum Gasteiger partial charge on any atom is -0.444 e. The number of alkyl halides is 3. The third kappa shape index (κ3) is 6.13. The summed E-state index contributed by atoms with van der Waals surface area (Å²) in [6.45, 7) is 8.45. The maximum absolute atomic E-state index is 13.7. The van der Waals surface area contributed by atoms with Gasteiger partial charge in [0, 0.05) is 25.3 Å². The second-order valence-electron chi connectivity index (χ2n) is 7.24. The zero-order chi connectivity index (χ0) is 22.4. The number of oxazole rings is 1. The Kier molecular flexibility index (Phi) is 7.42. The van der Waals surface area contributed by atoms with Gasteiger partial charge in [0.25, 0.3) is 0 Å². The average Bonchev–Trinajstić information content (AvgIpc) is 3.07. The van der Waals surface area contributed by atoms with E-state index in [1.54, 1.807) is 6.07 Å². The van der Waals surface area contributed by atoms with Crippen molar-refractivity contribution in [3.8, 4) is 0 Å². The Balaban J connectivity index is 1.76. The molecule has 10 heteroatoms. The van der Waals surface area contributed by atoms with Gasteiger partial charge in [0.2, 0.25) is 5.89 Å². The summed E-state index contributed by atoms with van der Waals surface area (Å²) >= 11 is 0. The molecular weight excluding hydrogens is 411 g/mol. The van der Waals surface area contributed by atoms with Crippen molar-refractivity contribution in [2.75, 3.05) is 37.7 Å². The lowest BCUT2D eigenvalue weighted by Gasteiger charge is -2.29. The topological polar surface area (TPSA) is 74.9 Å². The number of morpholine rings is 1. The first-order valence-corrected chi connectivity index (χ1v) is 10.3. The SMILES string of the molecule is CCNC(=NCc1ccc(N2CCOCC2)cc1C(F)(F)F)NCc1nc(C)c(C)o1. The van der Waals surface area contributed by atoms with Crippen LogP contribution in [-0.4, -0.2) is 43.8 Å². The summed E-state index contributed by atoms with van der Waals surface area (Å²) in [5.74, 6) is 1.61. The number of aliphatic imine (C=N–C) groups is 1. The molecule has 1 aromatic heterocycles. The number of ether oxygens (including phenoxy) is 1. The van der Waals surface area contributed by atoms with Crippen molar-refractivity contribution in [2.45, 2.75) is 40.0 Å². The van der Waals surface area contributed by atoms with Gasteiger partial charge in [0.05, 0.1) is 37.6 Å². The predicted octanol–water partition coefficient (Wildman–Crippen LogP) is 3.40. The monoisotopic (exact) mass is 439 g/mol. The van der Waals surface area contributed by atoms with Crippen LogP contribution >= 0.6 is 0 Å². The number of halogens is 3. The van der Waals surface area contributed by atoms with Crippen LogP contribution in [0.15, 0.2) is 27.6 Å². The molecular formula is C21H28F3N5O2. The van der Waals surface area contributed by atoms with Crippen molar-refractivity contribution in [2.24, 2.45) is 4.99 Å². The van der Waals surface area contributed by atoms with Crippen molar-refractivity contribution in [1.82, 2.24) is 15.6 Å². The Morgan fingerprint density at radius 3 is 2.55 bits per heavy atom. The summed E-state index contributed by atoms with van der Waals surface area (Å²) in [7, 11) is 0. The average molecular weight is 439 g/mol. The number of anilines is 1. The van der Waals surface area contributed by atoms with Crippen LogP contribution in [-0.2, 0) is 24.0 Å². The van der Waals surface area contributed by atoms with Gasteiger partial charge in [0.15, 0.2) is 5.96 Å². The van der Waals surface area contributed by atoms with E-state index in [0.717, 1.165) is 11.5 Å². The van der Waals surface area contributed by atoms with E-state index in [-0.39, 0.29) is 18.7 Å². The Morgan fingerprint density at radius 1 is 1.19 bits per heavy atom. The molecule has 3 rings (SSSR count). The lowest BCUT2D eigenvalue weighted by molar-refractivity contribution is -0.138. The Bertz CT molecular complexity index is 885. The van der Waals surface area contributed by atoms with E-state index >= 15 is 0 Å². The minimum absolute atomic E-state index is 0.114. The van der Waals surface area contributed by atoms with Crippen molar-refractivity contribution >= 4 is 11.6 Å². The third-order valence-electron chi connectivity index (χ3n) is 5.01. The molecule has 1 fully saturated rings. The van der Waals surface area contributed by atoms with Crippen LogP contribution in [0.5, 0.6) is 0 Å². The molecule has 1 aliphatic heterocycles. The Morgan fingerprint density at radius 2 is 1.94 bits per heavy atom. The summed E-state index contributed by atoms with van der Waals surface area (Å²) in [6.07, 6.45) is -4.47. The minimum atomic E-state index is -4.47. The highest BCUT2D eigenvalue weighted by atomic mass is 19.4. The van der Waals surface area contributed by atoms with E-state index < -0.39 is 11.7 Å². The van der Waals surface area contributed by atoms with E-state index in [0.29, 0.717) is 50.4 Å². The van der Waals surface area contributed by atoms with Crippen LogP contribution in [0.3, 0.4) is 0 Å². The molecule has 0 aliphatic carbocycles. The number of hydrogen-bond acceptors (Lipinski definition) is 5. The highest BCUT2D eigenvalue weighted by Crippen LogP contribution is 2.35. The van der Waals surface area contributed by atoms with Crippen LogP contribution in [0.1, 0.15) is 35.4 Å². The number of aromatic nitrogens is 1. The van der Waals surface area contributed by atoms with E-state index in [1.807, 2.05) is 25.7 Å². The maximum Gasteiger partial charge on any atom is 0.416 e. The molecule has 0 amide bonds. The normalized spacial score (nSPS) is 15.3. The van der Waals surface area contributed by atoms with Crippen molar-refractivity contribution in [3.05, 3.63) is 46.7 Å². The largest absolute Gasteiger partial charge is 0.444 e. The van der Waals surface area contributed by atoms with Gasteiger partial charge in [-0.15, -0.1) is 0 Å². The summed E-state index contributed by atoms with van der Waals surface area (Å²) in [5, 5.41) is 6.08. The third-order valence-corrected chi connectivity index (χ3v) is 5.01. The van der Waals surface area contributed by atoms with E-state index in [1.165, 1.54) is 12.1 Å². The summed E-state index contributed by atoms with van der Waals surface area (Å²) in [6, 6.07) is 4.42. The van der Waals surface area contributed by atoms with Crippen LogP contribution in [0, 0.1) is 13.8 Å².